The van der Waals surface area contributed by atoms with E-state index < -0.39 is 12.9 Å². The zero-order chi connectivity index (χ0) is 88.6. The van der Waals surface area contributed by atoms with Crippen LogP contribution in [0.5, 0.6) is 0 Å². The number of unbranched alkanes of at least 4 members (excludes halogenated alkanes) is 1. The number of nitrogens with two attached hydrogens (primary N) is 3. The molecule has 2 amide bonds. The molecule has 0 fully saturated rings. The van der Waals surface area contributed by atoms with Gasteiger partial charge in [0.25, 0.3) is 0 Å². The first kappa shape index (κ1) is 113. The van der Waals surface area contributed by atoms with Crippen LogP contribution in [0.15, 0.2) is 114 Å². The second kappa shape index (κ2) is 70.1. The van der Waals surface area contributed by atoms with Gasteiger partial charge in [0.2, 0.25) is 0 Å². The maximum atomic E-state index is 11.3. The molecule has 27 nitrogen and oxygen atoms in total. The smallest absolute Gasteiger partial charge is 0.320 e. The van der Waals surface area contributed by atoms with E-state index in [-0.39, 0.29) is 94.6 Å². The van der Waals surface area contributed by atoms with E-state index in [1.54, 1.807) is 104 Å². The largest absolute Gasteiger partial charge is 0.447 e. The molecule has 8 atom stereocenters. The predicted octanol–water partition coefficient (Wildman–Crippen LogP) is 7.19. The molecule has 0 aliphatic carbocycles. The number of anilines is 2. The minimum Gasteiger partial charge on any atom is -0.447 e. The molecule has 0 aliphatic heterocycles. The summed E-state index contributed by atoms with van der Waals surface area (Å²) in [6.07, 6.45) is 12.6. The second-order valence-electron chi connectivity index (χ2n) is 28.8. The van der Waals surface area contributed by atoms with Crippen LogP contribution in [0.1, 0.15) is 170 Å². The number of urea groups is 1. The van der Waals surface area contributed by atoms with Crippen molar-refractivity contribution in [1.29, 1.82) is 0 Å². The number of rotatable bonds is 45. The molecule has 4 rings (SSSR count). The monoisotopic (exact) mass is 1630 g/mol. The average molecular weight is 1630 g/mol. The molecule has 4 aromatic carbocycles. The predicted molar refractivity (Wildman–Crippen MR) is 481 cm³/mol. The van der Waals surface area contributed by atoms with Crippen molar-refractivity contribution >= 4 is 93.6 Å². The van der Waals surface area contributed by atoms with Crippen LogP contribution in [-0.4, -0.2) is 215 Å². The highest BCUT2D eigenvalue weighted by Gasteiger charge is 2.18. The molecule has 0 spiro atoms. The fourth-order valence-electron chi connectivity index (χ4n) is 11.0. The number of benzene rings is 4. The Morgan fingerprint density at radius 1 is 0.426 bits per heavy atom. The number of guanidine groups is 1. The van der Waals surface area contributed by atoms with Gasteiger partial charge in [-0.1, -0.05) is 133 Å². The number of ketones is 8. The molecule has 0 aliphatic rings. The summed E-state index contributed by atoms with van der Waals surface area (Å²) < 4.78 is 0. The van der Waals surface area contributed by atoms with Crippen molar-refractivity contribution in [3.05, 3.63) is 137 Å². The molecule has 650 valence electrons. The quantitative estimate of drug-likeness (QED) is 0.00684. The van der Waals surface area contributed by atoms with Gasteiger partial charge in [-0.05, 0) is 259 Å². The van der Waals surface area contributed by atoms with Gasteiger partial charge in [-0.25, -0.2) is 4.79 Å². The lowest BCUT2D eigenvalue weighted by atomic mass is 9.64. The fraction of sp³-hybridized carbons (Fsp3) is 0.581. The van der Waals surface area contributed by atoms with E-state index in [0.717, 1.165) is 120 Å². The molecular weight excluding hydrogens is 1480 g/mol. The third-order valence-corrected chi connectivity index (χ3v) is 18.5. The van der Waals surface area contributed by atoms with E-state index >= 15 is 0 Å². The van der Waals surface area contributed by atoms with Crippen molar-refractivity contribution in [2.24, 2.45) is 22.4 Å². The number of halogens is 1. The Labute approximate surface area is 696 Å². The van der Waals surface area contributed by atoms with Crippen LogP contribution in [0.4, 0.5) is 16.2 Å². The molecule has 0 radical (unpaired) electrons. The summed E-state index contributed by atoms with van der Waals surface area (Å²) in [4.78, 5) is 103. The van der Waals surface area contributed by atoms with E-state index in [9.17, 15) is 48.2 Å². The van der Waals surface area contributed by atoms with Gasteiger partial charge in [0.05, 0.1) is 54.2 Å². The molecule has 0 heterocycles. The first-order valence-corrected chi connectivity index (χ1v) is 40.3. The second-order valence-corrected chi connectivity index (χ2v) is 29.3. The summed E-state index contributed by atoms with van der Waals surface area (Å²) in [5.74, 6) is 3.32. The molecule has 0 saturated carbocycles. The first-order valence-electron chi connectivity index (χ1n) is 39.9. The molecule has 0 unspecified atom stereocenters. The van der Waals surface area contributed by atoms with Crippen molar-refractivity contribution in [2.75, 3.05) is 101 Å². The first-order chi connectivity index (χ1) is 54.2. The maximum Gasteiger partial charge on any atom is 0.320 e. The van der Waals surface area contributed by atoms with Gasteiger partial charge in [-0.2, -0.15) is 0 Å². The number of hydrogen-bond donors (Lipinski definition) is 17. The normalized spacial score (nSPS) is 12.6. The Morgan fingerprint density at radius 2 is 0.730 bits per heavy atom. The van der Waals surface area contributed by atoms with E-state index in [0.29, 0.717) is 50.5 Å². The van der Waals surface area contributed by atoms with Crippen molar-refractivity contribution in [1.82, 2.24) is 63.8 Å². The highest BCUT2D eigenvalue weighted by atomic mass is 35.5. The summed E-state index contributed by atoms with van der Waals surface area (Å²) in [6, 6.07) is 30.2. The van der Waals surface area contributed by atoms with Crippen LogP contribution < -0.4 is 91.8 Å². The number of carbonyl (C=O) groups is 9. The van der Waals surface area contributed by atoms with Gasteiger partial charge < -0.3 is 91.3 Å². The highest BCUT2D eigenvalue weighted by molar-refractivity contribution is 6.64. The Balaban J connectivity index is -0.000000614. The van der Waals surface area contributed by atoms with Gasteiger partial charge in [0, 0.05) is 49.6 Å². The van der Waals surface area contributed by atoms with Crippen molar-refractivity contribution < 1.29 is 48.2 Å². The molecule has 0 saturated heterocycles. The van der Waals surface area contributed by atoms with Gasteiger partial charge in [-0.3, -0.25) is 43.3 Å². The Bertz CT molecular complexity index is 3270. The van der Waals surface area contributed by atoms with Crippen LogP contribution in [0.25, 0.3) is 0 Å². The number of nitrogen functional groups attached to an aromatic ring is 1. The number of amides is 2. The summed E-state index contributed by atoms with van der Waals surface area (Å²) in [5.41, 5.74) is 22.9. The van der Waals surface area contributed by atoms with Gasteiger partial charge in [0.1, 0.15) is 46.3 Å². The van der Waals surface area contributed by atoms with E-state index in [1.165, 1.54) is 6.42 Å². The summed E-state index contributed by atoms with van der Waals surface area (Å²) in [7, 11) is 18.0. The Hall–Kier alpha value is -8.13. The Kier molecular flexibility index (Phi) is 69.0. The molecule has 29 heteroatoms. The molecule has 115 heavy (non-hydrogen) atoms. The lowest BCUT2D eigenvalue weighted by Crippen LogP contribution is -2.37. The van der Waals surface area contributed by atoms with Crippen molar-refractivity contribution in [3.8, 4) is 0 Å². The van der Waals surface area contributed by atoms with E-state index in [1.807, 2.05) is 125 Å². The summed E-state index contributed by atoms with van der Waals surface area (Å²) in [6.45, 7) is 28.8. The standard InChI is InChI=1S/C13H19N3O.C12H18BNO2.C11H14ClNO.C11H16N2O.C11H24N2O.C10H22N4O.C10H21NO.C8H17N3O2/c1-9(17)13(15-3)8-11-4-6-12(7-5-11)16-10(2)14;1-9(15)12(14-3)8-10-4-6-11(7-5-10)13(2)16;2*1-8(14)11(13-2)7-9-3-5-10(12)6-4-9;1-9(2)13-8-6-5-7-11(12-4)10(3)14;1-8(15)9(11-2)6-5-7-14-10(12-3)13-4;1-8(2)6-5-7-10(11-4)9(3)12;1-6(12)7(10-2)4-3-5-11-8(9)13/h4-7,13,15-16H,2,8,14H2,1,3H3;4-7,12,14,16H,8H2,1-3H3;3-6,11,13H,7H2,1-2H3;3-6,11,13H,7,12H2,1-2H3;9,11-13H,5-8H2,1-4H3;9,11H,5-7H2,1-4H3,(H2,12,13,14);8,10-11H,5-7H2,1-4H3;7,10H,3-5H2,1-2H3,(H3,9,11,13)/t13-;12-;3*11-;9-;10-;7-/m00000000/s1. The maximum absolute atomic E-state index is 11.3. The van der Waals surface area contributed by atoms with Crippen LogP contribution in [0.3, 0.4) is 0 Å². The fourth-order valence-corrected chi connectivity index (χ4v) is 11.1. The van der Waals surface area contributed by atoms with Crippen LogP contribution in [0.2, 0.25) is 11.8 Å². The minimum atomic E-state index is -0.524. The molecule has 0 bridgehead atoms. The number of likely N-dealkylation sites (N-methyl/N-ethyl adjacent to an activating group) is 8. The number of nitrogens with zero attached hydrogens (tertiary/aromatic N) is 1. The number of aliphatic imine (C=N–C) groups is 1. The van der Waals surface area contributed by atoms with Crippen molar-refractivity contribution in [3.63, 3.8) is 0 Å². The number of hydrogen-bond acceptors (Lipinski definition) is 23. The number of nitrogens with one attached hydrogen (secondary N) is 13. The minimum absolute atomic E-state index is 0.0246. The third kappa shape index (κ3) is 61.9. The van der Waals surface area contributed by atoms with Crippen molar-refractivity contribution in [2.45, 2.75) is 234 Å². The molecule has 0 aromatic heterocycles. The average Bonchev–Trinajstić information content (AvgIpc) is 0.895. The molecular formula is C86H151BClN17O10. The van der Waals surface area contributed by atoms with Crippen LogP contribution >= 0.6 is 11.6 Å². The van der Waals surface area contributed by atoms with Gasteiger partial charge >= 0.3 is 12.9 Å². The van der Waals surface area contributed by atoms with Crippen LogP contribution in [-0.2, 0) is 64.0 Å². The molecule has 20 N–H and O–H groups in total. The molecule has 4 aromatic rings. The van der Waals surface area contributed by atoms with Gasteiger partial charge in [-0.15, -0.1) is 0 Å². The number of carbonyl (C=O) groups excluding carboxylic acids is 9. The lowest BCUT2D eigenvalue weighted by molar-refractivity contribution is -0.119. The highest BCUT2D eigenvalue weighted by Crippen LogP contribution is 2.15. The SMILES string of the molecule is C=C(N)Nc1ccc(C[C@H](NC)C(C)=O)cc1.CN=C(NC)NCCC[C@H](NC)C(C)=O.CN[C@@H](CCCC(C)C)C(C)=O.CN[C@@H](CCCCNC(C)C)C(C)=O.CN[C@@H](CCCNC(N)=O)C(C)=O.CN[C@@H](Cc1ccc(B(C)O)cc1)C(C)=O.CN[C@@H](Cc1ccc(Cl)cc1)C(C)=O.CN[C@@H](Cc1ccc(N)cc1)C(C)=O. The summed E-state index contributed by atoms with van der Waals surface area (Å²) in [5, 5.41) is 48.8. The topological polar surface area (TPSA) is 421 Å². The zero-order valence-corrected chi connectivity index (χ0v) is 74.8. The van der Waals surface area contributed by atoms with Crippen LogP contribution in [0, 0.1) is 5.92 Å². The lowest BCUT2D eigenvalue weighted by Gasteiger charge is -2.13. The third-order valence-electron chi connectivity index (χ3n) is 18.2. The summed E-state index contributed by atoms with van der Waals surface area (Å²) >= 11 is 5.76. The number of Topliss-reactive ketones (excluding diaryl/α,β-unsaturated/α-hetero) is 8. The Morgan fingerprint density at radius 3 is 1.01 bits per heavy atom. The van der Waals surface area contributed by atoms with E-state index in [4.69, 9.17) is 28.8 Å². The number of primary amides is 1. The van der Waals surface area contributed by atoms with Gasteiger partial charge in [0.15, 0.2) is 5.96 Å². The zero-order valence-electron chi connectivity index (χ0n) is 74.0. The van der Waals surface area contributed by atoms with E-state index in [2.05, 4.69) is 108 Å².